The first-order chi connectivity index (χ1) is 16.5. The van der Waals surface area contributed by atoms with Gasteiger partial charge in [0.25, 0.3) is 0 Å². The predicted octanol–water partition coefficient (Wildman–Crippen LogP) is 8.07. The molecule has 0 aliphatic carbocycles. The highest BCUT2D eigenvalue weighted by molar-refractivity contribution is 5.71. The summed E-state index contributed by atoms with van der Waals surface area (Å²) < 4.78 is 55.2. The van der Waals surface area contributed by atoms with E-state index in [2.05, 4.69) is 6.92 Å². The van der Waals surface area contributed by atoms with Gasteiger partial charge >= 0.3 is 0 Å². The minimum atomic E-state index is -1.02. The Bertz CT molecular complexity index is 1150. The van der Waals surface area contributed by atoms with Crippen molar-refractivity contribution in [2.24, 2.45) is 0 Å². The summed E-state index contributed by atoms with van der Waals surface area (Å²) >= 11 is 0. The lowest BCUT2D eigenvalue weighted by atomic mass is 9.90. The van der Waals surface area contributed by atoms with Crippen molar-refractivity contribution in [1.29, 1.82) is 0 Å². The number of ether oxygens (including phenoxy) is 2. The third-order valence-electron chi connectivity index (χ3n) is 6.26. The Labute approximate surface area is 199 Å². The predicted molar refractivity (Wildman–Crippen MR) is 130 cm³/mol. The molecule has 0 amide bonds. The maximum absolute atomic E-state index is 14.9. The zero-order valence-corrected chi connectivity index (χ0v) is 19.5. The Hall–Kier alpha value is -3.05. The first-order valence-electron chi connectivity index (χ1n) is 11.8. The standard InChI is InChI=1S/C29H29F3O2/c1-3-4-5-16-33-27-15-14-25(28(31)29(27)32)21-10-8-20(9-11-21)24-13-12-22(17-26(24)30)23-7-6-19(2)34-18-23/h4-5,8-15,17,19,23H,3,6-7,16,18H2,1-2H3/b5-4+. The van der Waals surface area contributed by atoms with Gasteiger partial charge in [0.15, 0.2) is 11.6 Å². The maximum Gasteiger partial charge on any atom is 0.201 e. The van der Waals surface area contributed by atoms with Gasteiger partial charge in [-0.2, -0.15) is 4.39 Å². The van der Waals surface area contributed by atoms with Crippen molar-refractivity contribution in [3.63, 3.8) is 0 Å². The summed E-state index contributed by atoms with van der Waals surface area (Å²) in [6.45, 7) is 4.82. The molecule has 34 heavy (non-hydrogen) atoms. The molecular formula is C29H29F3O2. The van der Waals surface area contributed by atoms with Gasteiger partial charge in [-0.15, -0.1) is 0 Å². The lowest BCUT2D eigenvalue weighted by molar-refractivity contribution is 0.0154. The molecule has 2 nitrogen and oxygen atoms in total. The number of allylic oxidation sites excluding steroid dienone is 1. The quantitative estimate of drug-likeness (QED) is 0.328. The van der Waals surface area contributed by atoms with Gasteiger partial charge < -0.3 is 9.47 Å². The molecule has 1 heterocycles. The Balaban J connectivity index is 1.51. The minimum absolute atomic E-state index is 0.126. The summed E-state index contributed by atoms with van der Waals surface area (Å²) in [6.07, 6.45) is 6.71. The SMILES string of the molecule is CC/C=C/COc1ccc(-c2ccc(-c3ccc(C4CCC(C)OC4)cc3F)cc2)c(F)c1F. The molecule has 1 fully saturated rings. The van der Waals surface area contributed by atoms with E-state index >= 15 is 0 Å². The van der Waals surface area contributed by atoms with Crippen LogP contribution in [0.15, 0.2) is 66.7 Å². The highest BCUT2D eigenvalue weighted by Crippen LogP contribution is 2.34. The first kappa shape index (κ1) is 24.1. The number of hydrogen-bond acceptors (Lipinski definition) is 2. The van der Waals surface area contributed by atoms with Gasteiger partial charge in [0.05, 0.1) is 12.7 Å². The van der Waals surface area contributed by atoms with Crippen LogP contribution in [0.2, 0.25) is 0 Å². The van der Waals surface area contributed by atoms with Crippen LogP contribution in [0.3, 0.4) is 0 Å². The average Bonchev–Trinajstić information content (AvgIpc) is 2.85. The molecule has 4 rings (SSSR count). The normalized spacial score (nSPS) is 18.4. The van der Waals surface area contributed by atoms with Crippen molar-refractivity contribution in [2.45, 2.75) is 45.1 Å². The molecular weight excluding hydrogens is 437 g/mol. The van der Waals surface area contributed by atoms with E-state index in [9.17, 15) is 13.2 Å². The Morgan fingerprint density at radius 1 is 0.882 bits per heavy atom. The van der Waals surface area contributed by atoms with Crippen LogP contribution in [0.4, 0.5) is 13.2 Å². The van der Waals surface area contributed by atoms with Gasteiger partial charge in [0.2, 0.25) is 5.82 Å². The fraction of sp³-hybridized carbons (Fsp3) is 0.310. The largest absolute Gasteiger partial charge is 0.486 e. The van der Waals surface area contributed by atoms with Crippen LogP contribution in [0.1, 0.15) is 44.6 Å². The highest BCUT2D eigenvalue weighted by atomic mass is 19.2. The van der Waals surface area contributed by atoms with Crippen molar-refractivity contribution in [2.75, 3.05) is 13.2 Å². The van der Waals surface area contributed by atoms with E-state index in [-0.39, 0.29) is 35.8 Å². The molecule has 0 N–H and O–H groups in total. The van der Waals surface area contributed by atoms with Crippen molar-refractivity contribution in [3.05, 3.63) is 89.8 Å². The number of rotatable bonds is 7. The summed E-state index contributed by atoms with van der Waals surface area (Å²) in [5.74, 6) is -2.22. The molecule has 3 aromatic rings. The first-order valence-corrected chi connectivity index (χ1v) is 11.8. The van der Waals surface area contributed by atoms with Crippen molar-refractivity contribution < 1.29 is 22.6 Å². The smallest absolute Gasteiger partial charge is 0.201 e. The van der Waals surface area contributed by atoms with E-state index in [0.717, 1.165) is 24.8 Å². The van der Waals surface area contributed by atoms with Crippen LogP contribution >= 0.6 is 0 Å². The second-order valence-corrected chi connectivity index (χ2v) is 8.66. The van der Waals surface area contributed by atoms with Crippen LogP contribution in [-0.2, 0) is 4.74 Å². The van der Waals surface area contributed by atoms with E-state index in [4.69, 9.17) is 9.47 Å². The molecule has 5 heteroatoms. The molecule has 0 bridgehead atoms. The highest BCUT2D eigenvalue weighted by Gasteiger charge is 2.21. The van der Waals surface area contributed by atoms with E-state index < -0.39 is 11.6 Å². The Morgan fingerprint density at radius 3 is 2.24 bits per heavy atom. The lowest BCUT2D eigenvalue weighted by Gasteiger charge is -2.27. The van der Waals surface area contributed by atoms with Gasteiger partial charge in [-0.25, -0.2) is 8.78 Å². The van der Waals surface area contributed by atoms with Gasteiger partial charge in [-0.05, 0) is 61.1 Å². The van der Waals surface area contributed by atoms with Gasteiger partial charge in [0, 0.05) is 17.0 Å². The molecule has 1 aliphatic heterocycles. The number of hydrogen-bond donors (Lipinski definition) is 0. The van der Waals surface area contributed by atoms with Crippen molar-refractivity contribution >= 4 is 0 Å². The zero-order valence-electron chi connectivity index (χ0n) is 19.5. The minimum Gasteiger partial charge on any atom is -0.486 e. The summed E-state index contributed by atoms with van der Waals surface area (Å²) in [4.78, 5) is 0. The summed E-state index contributed by atoms with van der Waals surface area (Å²) in [5.41, 5.74) is 2.71. The molecule has 3 aromatic carbocycles. The fourth-order valence-corrected chi connectivity index (χ4v) is 4.23. The zero-order chi connectivity index (χ0) is 24.1. The average molecular weight is 467 g/mol. The monoisotopic (exact) mass is 466 g/mol. The van der Waals surface area contributed by atoms with Crippen molar-refractivity contribution in [1.82, 2.24) is 0 Å². The van der Waals surface area contributed by atoms with Crippen LogP contribution < -0.4 is 4.74 Å². The second-order valence-electron chi connectivity index (χ2n) is 8.66. The van der Waals surface area contributed by atoms with Gasteiger partial charge in [-0.3, -0.25) is 0 Å². The lowest BCUT2D eigenvalue weighted by Crippen LogP contribution is -2.22. The van der Waals surface area contributed by atoms with E-state index in [1.807, 2.05) is 19.1 Å². The van der Waals surface area contributed by atoms with Crippen molar-refractivity contribution in [3.8, 4) is 28.0 Å². The topological polar surface area (TPSA) is 18.5 Å². The fourth-order valence-electron chi connectivity index (χ4n) is 4.23. The molecule has 0 saturated carbocycles. The number of halogens is 3. The van der Waals surface area contributed by atoms with Gasteiger partial charge in [-0.1, -0.05) is 55.5 Å². The molecule has 0 spiro atoms. The molecule has 1 saturated heterocycles. The molecule has 178 valence electrons. The van der Waals surface area contributed by atoms with Crippen LogP contribution in [0.5, 0.6) is 5.75 Å². The van der Waals surface area contributed by atoms with Crippen LogP contribution in [0.25, 0.3) is 22.3 Å². The molecule has 1 aliphatic rings. The third-order valence-corrected chi connectivity index (χ3v) is 6.26. The Kier molecular flexibility index (Phi) is 7.73. The van der Waals surface area contributed by atoms with E-state index in [1.54, 1.807) is 42.5 Å². The summed E-state index contributed by atoms with van der Waals surface area (Å²) in [7, 11) is 0. The van der Waals surface area contributed by atoms with Crippen LogP contribution in [0, 0.1) is 17.5 Å². The van der Waals surface area contributed by atoms with E-state index in [0.29, 0.717) is 23.3 Å². The number of benzene rings is 3. The van der Waals surface area contributed by atoms with Crippen LogP contribution in [-0.4, -0.2) is 19.3 Å². The van der Waals surface area contributed by atoms with E-state index in [1.165, 1.54) is 12.1 Å². The van der Waals surface area contributed by atoms with Gasteiger partial charge in [0.1, 0.15) is 12.4 Å². The molecule has 0 aromatic heterocycles. The second kappa shape index (κ2) is 10.9. The molecule has 2 unspecified atom stereocenters. The molecule has 0 radical (unpaired) electrons. The maximum atomic E-state index is 14.9. The third kappa shape index (κ3) is 5.36. The summed E-state index contributed by atoms with van der Waals surface area (Å²) in [5, 5.41) is 0. The summed E-state index contributed by atoms with van der Waals surface area (Å²) in [6, 6.07) is 15.0. The Morgan fingerprint density at radius 2 is 1.59 bits per heavy atom. The molecule has 2 atom stereocenters.